The molecule has 116 valence electrons. The molecular formula is C15H19F3N2O. The van der Waals surface area contributed by atoms with Crippen LogP contribution < -0.4 is 5.73 Å². The Morgan fingerprint density at radius 3 is 2.52 bits per heavy atom. The Morgan fingerprint density at radius 2 is 1.95 bits per heavy atom. The first-order valence-electron chi connectivity index (χ1n) is 6.96. The van der Waals surface area contributed by atoms with Gasteiger partial charge in [-0.05, 0) is 30.4 Å². The van der Waals surface area contributed by atoms with E-state index in [1.807, 2.05) is 6.92 Å². The van der Waals surface area contributed by atoms with Gasteiger partial charge in [-0.3, -0.25) is 4.79 Å². The minimum absolute atomic E-state index is 0.0634. The molecule has 2 rings (SSSR count). The number of benzene rings is 1. The van der Waals surface area contributed by atoms with Crippen LogP contribution in [0.4, 0.5) is 18.9 Å². The highest BCUT2D eigenvalue weighted by atomic mass is 19.4. The molecule has 1 aromatic carbocycles. The van der Waals surface area contributed by atoms with E-state index in [2.05, 4.69) is 6.92 Å². The van der Waals surface area contributed by atoms with E-state index in [9.17, 15) is 18.0 Å². The van der Waals surface area contributed by atoms with Gasteiger partial charge in [-0.15, -0.1) is 0 Å². The lowest BCUT2D eigenvalue weighted by molar-refractivity contribution is -0.136. The van der Waals surface area contributed by atoms with Crippen LogP contribution in [0.2, 0.25) is 0 Å². The summed E-state index contributed by atoms with van der Waals surface area (Å²) in [7, 11) is 0. The van der Waals surface area contributed by atoms with Gasteiger partial charge in [-0.2, -0.15) is 13.2 Å². The molecule has 0 spiro atoms. The number of hydrogen-bond acceptors (Lipinski definition) is 2. The fourth-order valence-corrected chi connectivity index (χ4v) is 2.62. The molecule has 0 bridgehead atoms. The van der Waals surface area contributed by atoms with Gasteiger partial charge in [0.25, 0.3) is 5.91 Å². The van der Waals surface area contributed by atoms with E-state index in [0.29, 0.717) is 24.9 Å². The first-order chi connectivity index (χ1) is 9.71. The average molecular weight is 300 g/mol. The fourth-order valence-electron chi connectivity index (χ4n) is 2.62. The Labute approximate surface area is 121 Å². The van der Waals surface area contributed by atoms with Crippen molar-refractivity contribution in [1.82, 2.24) is 4.90 Å². The highest BCUT2D eigenvalue weighted by Gasteiger charge is 2.35. The Balaban J connectivity index is 2.28. The summed E-state index contributed by atoms with van der Waals surface area (Å²) in [6.07, 6.45) is -3.70. The van der Waals surface area contributed by atoms with Gasteiger partial charge in [-0.25, -0.2) is 0 Å². The summed E-state index contributed by atoms with van der Waals surface area (Å²) in [4.78, 5) is 14.0. The minimum atomic E-state index is -4.55. The smallest absolute Gasteiger partial charge is 0.398 e. The summed E-state index contributed by atoms with van der Waals surface area (Å²) in [5, 5.41) is 0. The standard InChI is InChI=1S/C15H19F3N2O/c1-9-6-7-20(8-10(9)2)14(21)11-4-3-5-12(13(11)19)15(16,17)18/h3-5,9-10H,6-8,19H2,1-2H3. The molecule has 6 heteroatoms. The third-order valence-electron chi connectivity index (χ3n) is 4.26. The minimum Gasteiger partial charge on any atom is -0.398 e. The van der Waals surface area contributed by atoms with Gasteiger partial charge in [0.05, 0.1) is 16.8 Å². The molecule has 0 aromatic heterocycles. The summed E-state index contributed by atoms with van der Waals surface area (Å²) in [6.45, 7) is 5.26. The normalized spacial score (nSPS) is 23.2. The maximum atomic E-state index is 12.8. The molecule has 1 heterocycles. The molecule has 1 aliphatic rings. The fraction of sp³-hybridized carbons (Fsp3) is 0.533. The number of likely N-dealkylation sites (tertiary alicyclic amines) is 1. The summed E-state index contributed by atoms with van der Waals surface area (Å²) >= 11 is 0. The Bertz CT molecular complexity index is 542. The maximum Gasteiger partial charge on any atom is 0.418 e. The summed E-state index contributed by atoms with van der Waals surface area (Å²) in [6, 6.07) is 3.48. The van der Waals surface area contributed by atoms with Crippen LogP contribution in [0.5, 0.6) is 0 Å². The molecule has 1 aliphatic heterocycles. The zero-order valence-electron chi connectivity index (χ0n) is 12.1. The van der Waals surface area contributed by atoms with E-state index in [0.717, 1.165) is 12.5 Å². The quantitative estimate of drug-likeness (QED) is 0.808. The van der Waals surface area contributed by atoms with Crippen molar-refractivity contribution in [2.75, 3.05) is 18.8 Å². The zero-order valence-corrected chi connectivity index (χ0v) is 12.1. The van der Waals surface area contributed by atoms with Crippen LogP contribution in [-0.2, 0) is 6.18 Å². The number of carbonyl (C=O) groups excluding carboxylic acids is 1. The van der Waals surface area contributed by atoms with Crippen molar-refractivity contribution in [3.8, 4) is 0 Å². The maximum absolute atomic E-state index is 12.8. The topological polar surface area (TPSA) is 46.3 Å². The van der Waals surface area contributed by atoms with Crippen molar-refractivity contribution in [3.63, 3.8) is 0 Å². The number of alkyl halides is 3. The van der Waals surface area contributed by atoms with Crippen molar-refractivity contribution in [2.45, 2.75) is 26.4 Å². The lowest BCUT2D eigenvalue weighted by Crippen LogP contribution is -2.42. The van der Waals surface area contributed by atoms with E-state index in [-0.39, 0.29) is 5.56 Å². The summed E-state index contributed by atoms with van der Waals surface area (Å²) in [5.74, 6) is 0.417. The van der Waals surface area contributed by atoms with Crippen molar-refractivity contribution in [2.24, 2.45) is 11.8 Å². The van der Waals surface area contributed by atoms with Crippen molar-refractivity contribution in [1.29, 1.82) is 0 Å². The van der Waals surface area contributed by atoms with E-state index in [1.165, 1.54) is 12.1 Å². The monoisotopic (exact) mass is 300 g/mol. The third kappa shape index (κ3) is 3.14. The highest BCUT2D eigenvalue weighted by Crippen LogP contribution is 2.35. The highest BCUT2D eigenvalue weighted by molar-refractivity contribution is 5.99. The first kappa shape index (κ1) is 15.7. The van der Waals surface area contributed by atoms with Crippen LogP contribution in [0, 0.1) is 11.8 Å². The number of piperidine rings is 1. The number of hydrogen-bond donors (Lipinski definition) is 1. The second kappa shape index (κ2) is 5.58. The van der Waals surface area contributed by atoms with Gasteiger partial charge in [-0.1, -0.05) is 19.9 Å². The van der Waals surface area contributed by atoms with E-state index >= 15 is 0 Å². The Kier molecular flexibility index (Phi) is 4.16. The molecular weight excluding hydrogens is 281 g/mol. The predicted octanol–water partition coefficient (Wildman–Crippen LogP) is 3.41. The van der Waals surface area contributed by atoms with Crippen LogP contribution in [0.3, 0.4) is 0 Å². The SMILES string of the molecule is CC1CCN(C(=O)c2cccc(C(F)(F)F)c2N)CC1C. The number of carbonyl (C=O) groups is 1. The number of nitrogens with two attached hydrogens (primary N) is 1. The Hall–Kier alpha value is -1.72. The van der Waals surface area contributed by atoms with Crippen LogP contribution in [-0.4, -0.2) is 23.9 Å². The third-order valence-corrected chi connectivity index (χ3v) is 4.26. The molecule has 1 amide bonds. The zero-order chi connectivity index (χ0) is 15.8. The molecule has 21 heavy (non-hydrogen) atoms. The molecule has 0 saturated carbocycles. The number of para-hydroxylation sites is 1. The molecule has 1 fully saturated rings. The van der Waals surface area contributed by atoms with Gasteiger partial charge in [0.2, 0.25) is 0 Å². The second-order valence-corrected chi connectivity index (χ2v) is 5.76. The van der Waals surface area contributed by atoms with Gasteiger partial charge in [0.15, 0.2) is 0 Å². The van der Waals surface area contributed by atoms with Crippen LogP contribution in [0.1, 0.15) is 36.2 Å². The van der Waals surface area contributed by atoms with E-state index < -0.39 is 23.3 Å². The largest absolute Gasteiger partial charge is 0.418 e. The Morgan fingerprint density at radius 1 is 1.29 bits per heavy atom. The molecule has 2 unspecified atom stereocenters. The van der Waals surface area contributed by atoms with Crippen molar-refractivity contribution >= 4 is 11.6 Å². The van der Waals surface area contributed by atoms with Gasteiger partial charge >= 0.3 is 6.18 Å². The molecule has 0 radical (unpaired) electrons. The van der Waals surface area contributed by atoms with E-state index in [4.69, 9.17) is 5.73 Å². The molecule has 1 saturated heterocycles. The van der Waals surface area contributed by atoms with E-state index in [1.54, 1.807) is 4.90 Å². The second-order valence-electron chi connectivity index (χ2n) is 5.76. The van der Waals surface area contributed by atoms with Crippen molar-refractivity contribution < 1.29 is 18.0 Å². The number of nitrogens with zero attached hydrogens (tertiary/aromatic N) is 1. The number of amides is 1. The number of nitrogen functional groups attached to an aromatic ring is 1. The summed E-state index contributed by atoms with van der Waals surface area (Å²) < 4.78 is 38.5. The van der Waals surface area contributed by atoms with Crippen molar-refractivity contribution in [3.05, 3.63) is 29.3 Å². The lowest BCUT2D eigenvalue weighted by atomic mass is 9.88. The molecule has 3 nitrogen and oxygen atoms in total. The number of rotatable bonds is 1. The van der Waals surface area contributed by atoms with Gasteiger partial charge < -0.3 is 10.6 Å². The number of halogens is 3. The number of anilines is 1. The average Bonchev–Trinajstić information content (AvgIpc) is 2.40. The van der Waals surface area contributed by atoms with Gasteiger partial charge in [0, 0.05) is 13.1 Å². The lowest BCUT2D eigenvalue weighted by Gasteiger charge is -2.35. The molecule has 1 aromatic rings. The van der Waals surface area contributed by atoms with Crippen LogP contribution in [0.15, 0.2) is 18.2 Å². The molecule has 2 atom stereocenters. The predicted molar refractivity (Wildman–Crippen MR) is 74.7 cm³/mol. The van der Waals surface area contributed by atoms with Crippen LogP contribution in [0.25, 0.3) is 0 Å². The van der Waals surface area contributed by atoms with Gasteiger partial charge in [0.1, 0.15) is 0 Å². The molecule has 0 aliphatic carbocycles. The van der Waals surface area contributed by atoms with Crippen LogP contribution >= 0.6 is 0 Å². The molecule has 2 N–H and O–H groups in total. The summed E-state index contributed by atoms with van der Waals surface area (Å²) in [5.41, 5.74) is 4.07. The first-order valence-corrected chi connectivity index (χ1v) is 6.96.